The molecule has 2 rings (SSSR count). The van der Waals surface area contributed by atoms with Crippen LogP contribution in [0.25, 0.3) is 0 Å². The molecule has 0 saturated carbocycles. The number of likely N-dealkylation sites (tertiary alicyclic amines) is 1. The second-order valence-corrected chi connectivity index (χ2v) is 4.57. The van der Waals surface area contributed by atoms with Gasteiger partial charge in [0, 0.05) is 19.0 Å². The van der Waals surface area contributed by atoms with Crippen LogP contribution in [0.4, 0.5) is 10.2 Å². The van der Waals surface area contributed by atoms with Gasteiger partial charge in [-0.1, -0.05) is 6.07 Å². The van der Waals surface area contributed by atoms with E-state index >= 15 is 0 Å². The van der Waals surface area contributed by atoms with Gasteiger partial charge in [0.2, 0.25) is 5.91 Å². The molecule has 1 saturated heterocycles. The lowest BCUT2D eigenvalue weighted by atomic mass is 10.1. The molecule has 19 heavy (non-hydrogen) atoms. The molecule has 1 fully saturated rings. The number of hydrogen-bond acceptors (Lipinski definition) is 4. The van der Waals surface area contributed by atoms with E-state index in [0.29, 0.717) is 12.2 Å². The highest BCUT2D eigenvalue weighted by molar-refractivity contribution is 5.77. The maximum absolute atomic E-state index is 13.2. The van der Waals surface area contributed by atoms with Crippen LogP contribution in [0.3, 0.4) is 0 Å². The maximum Gasteiger partial charge on any atom is 0.224 e. The highest BCUT2D eigenvalue weighted by Gasteiger charge is 2.34. The van der Waals surface area contributed by atoms with Crippen molar-refractivity contribution >= 4 is 11.7 Å². The fourth-order valence-electron chi connectivity index (χ4n) is 2.23. The molecular weight excluding hydrogens is 247 g/mol. The monoisotopic (exact) mass is 262 g/mol. The number of anilines is 1. The van der Waals surface area contributed by atoms with Gasteiger partial charge in [0.05, 0.1) is 12.6 Å². The summed E-state index contributed by atoms with van der Waals surface area (Å²) in [5, 5.41) is 8.89. The van der Waals surface area contributed by atoms with Crippen LogP contribution in [0.5, 0.6) is 0 Å². The van der Waals surface area contributed by atoms with Crippen LogP contribution < -0.4 is 5.73 Å². The lowest BCUT2D eigenvalue weighted by molar-refractivity contribution is -0.131. The number of nitrogens with two attached hydrogens (primary N) is 1. The topological polar surface area (TPSA) is 83.0 Å². The molecule has 0 radical (unpaired) electrons. The summed E-state index contributed by atoms with van der Waals surface area (Å²) in [6.07, 6.45) is 1.25. The molecular formula is C13H15FN4O. The number of nitrogen functional groups attached to an aromatic ring is 1. The summed E-state index contributed by atoms with van der Waals surface area (Å²) in [5.41, 5.74) is 6.48. The van der Waals surface area contributed by atoms with Crippen molar-refractivity contribution in [2.75, 3.05) is 12.3 Å². The number of carbonyl (C=O) groups is 1. The Labute approximate surface area is 110 Å². The molecule has 2 heterocycles. The van der Waals surface area contributed by atoms with Crippen LogP contribution in [-0.4, -0.2) is 34.5 Å². The van der Waals surface area contributed by atoms with Gasteiger partial charge >= 0.3 is 0 Å². The summed E-state index contributed by atoms with van der Waals surface area (Å²) < 4.78 is 13.2. The molecule has 100 valence electrons. The van der Waals surface area contributed by atoms with Gasteiger partial charge in [-0.15, -0.1) is 0 Å². The van der Waals surface area contributed by atoms with Crippen molar-refractivity contribution in [3.8, 4) is 6.07 Å². The van der Waals surface area contributed by atoms with Gasteiger partial charge in [0.25, 0.3) is 0 Å². The van der Waals surface area contributed by atoms with E-state index in [-0.39, 0.29) is 25.3 Å². The quantitative estimate of drug-likeness (QED) is 0.882. The predicted molar refractivity (Wildman–Crippen MR) is 67.6 cm³/mol. The van der Waals surface area contributed by atoms with Crippen LogP contribution >= 0.6 is 0 Å². The molecule has 0 aromatic carbocycles. The molecule has 1 aromatic heterocycles. The Kier molecular flexibility index (Phi) is 3.95. The summed E-state index contributed by atoms with van der Waals surface area (Å²) in [7, 11) is 0. The van der Waals surface area contributed by atoms with E-state index in [1.165, 1.54) is 4.90 Å². The first-order chi connectivity index (χ1) is 9.11. The molecule has 0 bridgehead atoms. The second-order valence-electron chi connectivity index (χ2n) is 4.57. The van der Waals surface area contributed by atoms with E-state index in [2.05, 4.69) is 4.98 Å². The van der Waals surface area contributed by atoms with Crippen LogP contribution in [0.15, 0.2) is 18.3 Å². The van der Waals surface area contributed by atoms with Crippen molar-refractivity contribution < 1.29 is 9.18 Å². The first kappa shape index (κ1) is 13.3. The average molecular weight is 262 g/mol. The molecule has 5 nitrogen and oxygen atoms in total. The van der Waals surface area contributed by atoms with Crippen molar-refractivity contribution in [3.63, 3.8) is 0 Å². The van der Waals surface area contributed by atoms with Crippen LogP contribution in [0.2, 0.25) is 0 Å². The lowest BCUT2D eigenvalue weighted by Crippen LogP contribution is -2.35. The number of pyridine rings is 1. The number of nitriles is 1. The third-order valence-electron chi connectivity index (χ3n) is 3.25. The molecule has 2 atom stereocenters. The van der Waals surface area contributed by atoms with E-state index < -0.39 is 12.2 Å². The third kappa shape index (κ3) is 2.99. The Balaban J connectivity index is 1.95. The zero-order valence-corrected chi connectivity index (χ0v) is 10.4. The Hall–Kier alpha value is -2.16. The number of hydrogen-bond donors (Lipinski definition) is 1. The number of rotatable bonds is 3. The predicted octanol–water partition coefficient (Wildman–Crippen LogP) is 1.06. The summed E-state index contributed by atoms with van der Waals surface area (Å²) in [4.78, 5) is 17.2. The van der Waals surface area contributed by atoms with Gasteiger partial charge < -0.3 is 10.6 Å². The number of amides is 1. The summed E-state index contributed by atoms with van der Waals surface area (Å²) in [6.45, 7) is 0.0135. The highest BCUT2D eigenvalue weighted by atomic mass is 19.1. The van der Waals surface area contributed by atoms with Gasteiger partial charge in [-0.05, 0) is 18.1 Å². The number of alkyl halides is 1. The fourth-order valence-corrected chi connectivity index (χ4v) is 2.23. The molecule has 1 aliphatic heterocycles. The number of aryl methyl sites for hydroxylation is 1. The minimum atomic E-state index is -1.10. The number of halogens is 1. The fraction of sp³-hybridized carbons (Fsp3) is 0.462. The minimum Gasteiger partial charge on any atom is -0.383 e. The van der Waals surface area contributed by atoms with Gasteiger partial charge in [0.15, 0.2) is 0 Å². The lowest BCUT2D eigenvalue weighted by Gasteiger charge is -2.19. The van der Waals surface area contributed by atoms with Gasteiger partial charge in [-0.25, -0.2) is 9.37 Å². The second kappa shape index (κ2) is 5.65. The number of carbonyl (C=O) groups excluding carboxylic acids is 1. The highest BCUT2D eigenvalue weighted by Crippen LogP contribution is 2.21. The van der Waals surface area contributed by atoms with Crippen LogP contribution in [0, 0.1) is 11.3 Å². The standard InChI is InChI=1S/C13H15FN4O/c14-10-6-11(7-15)18(8-10)12(19)4-3-9-2-1-5-17-13(9)16/h1-2,5,10-11H,3-4,6,8H2,(H2,16,17)/t10-,11-/m0/s1. The van der Waals surface area contributed by atoms with Gasteiger partial charge in [-0.2, -0.15) is 5.26 Å². The normalized spacial score (nSPS) is 22.2. The molecule has 0 unspecified atom stereocenters. The minimum absolute atomic E-state index is 0.0135. The van der Waals surface area contributed by atoms with E-state index in [4.69, 9.17) is 11.0 Å². The average Bonchev–Trinajstić information content (AvgIpc) is 2.79. The largest absolute Gasteiger partial charge is 0.383 e. The Bertz CT molecular complexity index is 514. The number of aromatic nitrogens is 1. The number of nitrogens with zero attached hydrogens (tertiary/aromatic N) is 3. The van der Waals surface area contributed by atoms with E-state index in [0.717, 1.165) is 5.56 Å². The molecule has 1 amide bonds. The van der Waals surface area contributed by atoms with Crippen LogP contribution in [-0.2, 0) is 11.2 Å². The van der Waals surface area contributed by atoms with E-state index in [1.54, 1.807) is 18.3 Å². The van der Waals surface area contributed by atoms with Crippen molar-refractivity contribution in [2.45, 2.75) is 31.5 Å². The van der Waals surface area contributed by atoms with Crippen molar-refractivity contribution in [2.24, 2.45) is 0 Å². The van der Waals surface area contributed by atoms with E-state index in [9.17, 15) is 9.18 Å². The van der Waals surface area contributed by atoms with Crippen molar-refractivity contribution in [1.29, 1.82) is 5.26 Å². The Morgan fingerprint density at radius 2 is 2.47 bits per heavy atom. The molecule has 0 aliphatic carbocycles. The summed E-state index contributed by atoms with van der Waals surface area (Å²) in [6, 6.07) is 4.87. The summed E-state index contributed by atoms with van der Waals surface area (Å²) >= 11 is 0. The zero-order chi connectivity index (χ0) is 13.8. The first-order valence-corrected chi connectivity index (χ1v) is 6.14. The van der Waals surface area contributed by atoms with E-state index in [1.807, 2.05) is 6.07 Å². The van der Waals surface area contributed by atoms with Crippen molar-refractivity contribution in [3.05, 3.63) is 23.9 Å². The summed E-state index contributed by atoms with van der Waals surface area (Å²) in [5.74, 6) is 0.187. The third-order valence-corrected chi connectivity index (χ3v) is 3.25. The Morgan fingerprint density at radius 3 is 3.16 bits per heavy atom. The molecule has 1 aliphatic rings. The van der Waals surface area contributed by atoms with Crippen molar-refractivity contribution in [1.82, 2.24) is 9.88 Å². The van der Waals surface area contributed by atoms with Gasteiger partial charge in [-0.3, -0.25) is 4.79 Å². The SMILES string of the molecule is N#C[C@@H]1C[C@H](F)CN1C(=O)CCc1cccnc1N. The molecule has 6 heteroatoms. The Morgan fingerprint density at radius 1 is 1.68 bits per heavy atom. The van der Waals surface area contributed by atoms with Crippen LogP contribution in [0.1, 0.15) is 18.4 Å². The van der Waals surface area contributed by atoms with Gasteiger partial charge in [0.1, 0.15) is 18.0 Å². The first-order valence-electron chi connectivity index (χ1n) is 6.14. The molecule has 2 N–H and O–H groups in total. The molecule has 0 spiro atoms. The zero-order valence-electron chi connectivity index (χ0n) is 10.4. The maximum atomic E-state index is 13.2. The molecule has 1 aromatic rings. The smallest absolute Gasteiger partial charge is 0.224 e.